The fourth-order valence-corrected chi connectivity index (χ4v) is 5.69. The van der Waals surface area contributed by atoms with E-state index >= 15 is 0 Å². The van der Waals surface area contributed by atoms with Crippen molar-refractivity contribution < 1.29 is 14.3 Å². The number of carbonyl (C=O) groups excluding carboxylic acids is 1. The molecule has 3 aromatic rings. The maximum absolute atomic E-state index is 12.6. The van der Waals surface area contributed by atoms with E-state index in [0.29, 0.717) is 11.5 Å². The van der Waals surface area contributed by atoms with E-state index in [1.807, 2.05) is 12.1 Å². The fourth-order valence-electron chi connectivity index (χ4n) is 5.69. The number of aromatic nitrogens is 1. The van der Waals surface area contributed by atoms with Crippen LogP contribution in [0.25, 0.3) is 10.9 Å². The van der Waals surface area contributed by atoms with Crippen LogP contribution in [0, 0.1) is 0 Å². The second-order valence-corrected chi connectivity index (χ2v) is 9.41. The maximum atomic E-state index is 12.6. The van der Waals surface area contributed by atoms with Crippen LogP contribution in [0.5, 0.6) is 0 Å². The van der Waals surface area contributed by atoms with Gasteiger partial charge in [-0.05, 0) is 49.4 Å². The average Bonchev–Trinajstić information content (AvgIpc) is 3.37. The molecular weight excluding hydrogens is 400 g/mol. The standard InChI is InChI=1S/C27H30N2O3/c30-25(18-32-26-7-3-4-14-31-26)20-10-8-19(9-11-20)15-29-23-6-2-1-5-22(23)27-21-12-13-28(16-21)17-24(27)29/h1-2,5-6,8-11,21,26H,3-4,7,12-18H2. The molecule has 2 saturated heterocycles. The van der Waals surface area contributed by atoms with Crippen molar-refractivity contribution in [3.63, 3.8) is 0 Å². The Bertz CT molecular complexity index is 1130. The first-order chi connectivity index (χ1) is 15.8. The number of nitrogens with zero attached hydrogens (tertiary/aromatic N) is 2. The number of para-hydroxylation sites is 1. The van der Waals surface area contributed by atoms with E-state index < -0.39 is 0 Å². The zero-order chi connectivity index (χ0) is 21.5. The van der Waals surface area contributed by atoms with Gasteiger partial charge in [-0.3, -0.25) is 9.69 Å². The molecular formula is C27H30N2O3. The summed E-state index contributed by atoms with van der Waals surface area (Å²) in [4.78, 5) is 15.2. The normalized spacial score (nSPS) is 24.6. The molecule has 5 nitrogen and oxygen atoms in total. The van der Waals surface area contributed by atoms with Crippen molar-refractivity contribution in [2.75, 3.05) is 26.3 Å². The molecule has 166 valence electrons. The Kier molecular flexibility index (Phi) is 5.34. The Labute approximate surface area is 188 Å². The third kappa shape index (κ3) is 3.68. The predicted molar refractivity (Wildman–Crippen MR) is 124 cm³/mol. The van der Waals surface area contributed by atoms with E-state index in [1.165, 1.54) is 41.7 Å². The summed E-state index contributed by atoms with van der Waals surface area (Å²) in [5.74, 6) is 0.678. The van der Waals surface area contributed by atoms with Crippen molar-refractivity contribution in [2.45, 2.75) is 51.0 Å². The van der Waals surface area contributed by atoms with Gasteiger partial charge in [0.2, 0.25) is 0 Å². The van der Waals surface area contributed by atoms with E-state index in [-0.39, 0.29) is 18.7 Å². The molecule has 2 fully saturated rings. The molecule has 3 unspecified atom stereocenters. The SMILES string of the molecule is O=C(COC1CCCCO1)c1ccc(Cn2c3c(c4ccccc42)C2CCN(C3)C2)cc1. The molecule has 0 N–H and O–H groups in total. The predicted octanol–water partition coefficient (Wildman–Crippen LogP) is 4.72. The third-order valence-electron chi connectivity index (χ3n) is 7.33. The monoisotopic (exact) mass is 430 g/mol. The zero-order valence-corrected chi connectivity index (χ0v) is 18.5. The highest BCUT2D eigenvalue weighted by Crippen LogP contribution is 2.42. The number of Topliss-reactive ketones (excluding diaryl/α,β-unsaturated/α-hetero) is 1. The molecule has 4 heterocycles. The zero-order valence-electron chi connectivity index (χ0n) is 18.5. The van der Waals surface area contributed by atoms with Crippen LogP contribution >= 0.6 is 0 Å². The Balaban J connectivity index is 1.21. The molecule has 0 amide bonds. The third-order valence-corrected chi connectivity index (χ3v) is 7.33. The number of benzene rings is 2. The molecule has 0 radical (unpaired) electrons. The molecule has 3 aliphatic rings. The van der Waals surface area contributed by atoms with Crippen LogP contribution in [-0.2, 0) is 22.6 Å². The van der Waals surface area contributed by atoms with Crippen molar-refractivity contribution in [2.24, 2.45) is 0 Å². The molecule has 0 aliphatic carbocycles. The minimum Gasteiger partial charge on any atom is -0.353 e. The lowest BCUT2D eigenvalue weighted by atomic mass is 9.93. The van der Waals surface area contributed by atoms with Gasteiger partial charge in [0.05, 0.1) is 0 Å². The quantitative estimate of drug-likeness (QED) is 0.531. The van der Waals surface area contributed by atoms with Gasteiger partial charge in [0.15, 0.2) is 12.1 Å². The number of rotatable bonds is 6. The highest BCUT2D eigenvalue weighted by Gasteiger charge is 2.35. The van der Waals surface area contributed by atoms with Gasteiger partial charge in [0.25, 0.3) is 0 Å². The summed E-state index contributed by atoms with van der Waals surface area (Å²) in [6.45, 7) is 5.08. The summed E-state index contributed by atoms with van der Waals surface area (Å²) in [6.07, 6.45) is 4.09. The first-order valence-electron chi connectivity index (χ1n) is 11.9. The lowest BCUT2D eigenvalue weighted by molar-refractivity contribution is -0.155. The summed E-state index contributed by atoms with van der Waals surface area (Å²) >= 11 is 0. The summed E-state index contributed by atoms with van der Waals surface area (Å²) in [5, 5.41) is 1.42. The Morgan fingerprint density at radius 3 is 2.78 bits per heavy atom. The van der Waals surface area contributed by atoms with Gasteiger partial charge >= 0.3 is 0 Å². The lowest BCUT2D eigenvalue weighted by Crippen LogP contribution is -2.26. The lowest BCUT2D eigenvalue weighted by Gasteiger charge is -2.25. The topological polar surface area (TPSA) is 43.7 Å². The molecule has 1 aromatic heterocycles. The van der Waals surface area contributed by atoms with Crippen molar-refractivity contribution in [1.29, 1.82) is 0 Å². The molecule has 5 heteroatoms. The van der Waals surface area contributed by atoms with Gasteiger partial charge < -0.3 is 14.0 Å². The van der Waals surface area contributed by atoms with Crippen LogP contribution in [0.15, 0.2) is 48.5 Å². The van der Waals surface area contributed by atoms with Gasteiger partial charge in [-0.1, -0.05) is 42.5 Å². The van der Waals surface area contributed by atoms with Crippen LogP contribution in [-0.4, -0.2) is 47.8 Å². The molecule has 0 spiro atoms. The number of ether oxygens (including phenoxy) is 2. The number of carbonyl (C=O) groups is 1. The second-order valence-electron chi connectivity index (χ2n) is 9.41. The molecule has 6 rings (SSSR count). The molecule has 32 heavy (non-hydrogen) atoms. The highest BCUT2D eigenvalue weighted by molar-refractivity contribution is 5.97. The van der Waals surface area contributed by atoms with Crippen LogP contribution < -0.4 is 0 Å². The molecule has 0 saturated carbocycles. The van der Waals surface area contributed by atoms with E-state index in [9.17, 15) is 4.79 Å². The summed E-state index contributed by atoms with van der Waals surface area (Å²) in [6, 6.07) is 16.9. The van der Waals surface area contributed by atoms with Crippen LogP contribution in [0.2, 0.25) is 0 Å². The first-order valence-corrected chi connectivity index (χ1v) is 11.9. The van der Waals surface area contributed by atoms with E-state index in [4.69, 9.17) is 9.47 Å². The Morgan fingerprint density at radius 2 is 1.94 bits per heavy atom. The number of fused-ring (bicyclic) bond motifs is 6. The fraction of sp³-hybridized carbons (Fsp3) is 0.444. The minimum absolute atomic E-state index is 0.0129. The van der Waals surface area contributed by atoms with Crippen LogP contribution in [0.4, 0.5) is 0 Å². The van der Waals surface area contributed by atoms with Crippen molar-refractivity contribution in [1.82, 2.24) is 9.47 Å². The molecule has 2 bridgehead atoms. The Morgan fingerprint density at radius 1 is 1.06 bits per heavy atom. The van der Waals surface area contributed by atoms with Gasteiger partial charge in [-0.15, -0.1) is 0 Å². The molecule has 2 aromatic carbocycles. The maximum Gasteiger partial charge on any atom is 0.188 e. The van der Waals surface area contributed by atoms with Crippen LogP contribution in [0.1, 0.15) is 58.8 Å². The van der Waals surface area contributed by atoms with Gasteiger partial charge in [0, 0.05) is 54.3 Å². The smallest absolute Gasteiger partial charge is 0.188 e. The molecule has 3 atom stereocenters. The second kappa shape index (κ2) is 8.47. The number of ketones is 1. The largest absolute Gasteiger partial charge is 0.353 e. The van der Waals surface area contributed by atoms with Gasteiger partial charge in [0.1, 0.15) is 6.61 Å². The summed E-state index contributed by atoms with van der Waals surface area (Å²) < 4.78 is 13.7. The number of hydrogen-bond acceptors (Lipinski definition) is 4. The summed E-state index contributed by atoms with van der Waals surface area (Å²) in [7, 11) is 0. The summed E-state index contributed by atoms with van der Waals surface area (Å²) in [5.41, 5.74) is 6.29. The highest BCUT2D eigenvalue weighted by atomic mass is 16.7. The van der Waals surface area contributed by atoms with Gasteiger partial charge in [-0.2, -0.15) is 0 Å². The van der Waals surface area contributed by atoms with Crippen molar-refractivity contribution in [3.05, 3.63) is 70.9 Å². The van der Waals surface area contributed by atoms with Crippen LogP contribution in [0.3, 0.4) is 0 Å². The van der Waals surface area contributed by atoms with Crippen molar-refractivity contribution >= 4 is 16.7 Å². The minimum atomic E-state index is -0.230. The number of hydrogen-bond donors (Lipinski definition) is 0. The van der Waals surface area contributed by atoms with E-state index in [0.717, 1.165) is 39.0 Å². The van der Waals surface area contributed by atoms with Crippen molar-refractivity contribution in [3.8, 4) is 0 Å². The van der Waals surface area contributed by atoms with Gasteiger partial charge in [-0.25, -0.2) is 0 Å². The first kappa shape index (κ1) is 20.2. The Hall–Kier alpha value is -2.47. The van der Waals surface area contributed by atoms with E-state index in [2.05, 4.69) is 45.9 Å². The van der Waals surface area contributed by atoms with E-state index in [1.54, 1.807) is 5.56 Å². The average molecular weight is 431 g/mol. The molecule has 3 aliphatic heterocycles.